The second-order valence-corrected chi connectivity index (χ2v) is 12.3. The van der Waals surface area contributed by atoms with Crippen molar-refractivity contribution < 1.29 is 18.3 Å². The molecule has 0 aliphatic carbocycles. The number of rotatable bonds is 9. The van der Waals surface area contributed by atoms with E-state index in [0.717, 1.165) is 16.0 Å². The molecule has 0 unspecified atom stereocenters. The number of hydrogen-bond acceptors (Lipinski definition) is 7. The number of fused-ring (bicyclic) bond motifs is 1. The van der Waals surface area contributed by atoms with E-state index >= 15 is 0 Å². The van der Waals surface area contributed by atoms with E-state index in [2.05, 4.69) is 25.2 Å². The zero-order chi connectivity index (χ0) is 26.9. The largest absolute Gasteiger partial charge is 0.389 e. The first-order chi connectivity index (χ1) is 18.1. The standard InChI is InChI=1S/C26H26N6O4S2/c1-26(2,34)16-32-21-9-8-19(38(35,36)29-13-17-6-4-3-5-7-17)12-20(21)30-25(32)31-24(33)23-11-10-22(37-23)18-14-27-28-15-18/h3-12,14-15,29,34H,13,16H2,1-2H3,(H,27,28)(H,30,31,33). The molecule has 3 heterocycles. The number of sulfonamides is 1. The molecule has 38 heavy (non-hydrogen) atoms. The van der Waals surface area contributed by atoms with E-state index in [0.29, 0.717) is 15.9 Å². The molecule has 0 aliphatic rings. The Morgan fingerprint density at radius 2 is 1.92 bits per heavy atom. The van der Waals surface area contributed by atoms with Gasteiger partial charge in [-0.05, 0) is 49.7 Å². The van der Waals surface area contributed by atoms with Crippen molar-refractivity contribution in [1.82, 2.24) is 24.5 Å². The van der Waals surface area contributed by atoms with E-state index in [9.17, 15) is 18.3 Å². The molecule has 196 valence electrons. The molecule has 0 atom stereocenters. The highest BCUT2D eigenvalue weighted by molar-refractivity contribution is 7.89. The van der Waals surface area contributed by atoms with Crippen molar-refractivity contribution in [3.05, 3.63) is 83.5 Å². The normalized spacial score (nSPS) is 12.2. The number of anilines is 1. The molecule has 4 N–H and O–H groups in total. The van der Waals surface area contributed by atoms with Gasteiger partial charge in [0.2, 0.25) is 16.0 Å². The zero-order valence-electron chi connectivity index (χ0n) is 20.7. The minimum atomic E-state index is -3.82. The van der Waals surface area contributed by atoms with Crippen molar-refractivity contribution >= 4 is 44.2 Å². The van der Waals surface area contributed by atoms with E-state index in [1.165, 1.54) is 23.5 Å². The van der Waals surface area contributed by atoms with Gasteiger partial charge in [-0.25, -0.2) is 18.1 Å². The summed E-state index contributed by atoms with van der Waals surface area (Å²) >= 11 is 1.31. The third-order valence-corrected chi connectivity index (χ3v) is 8.25. The van der Waals surface area contributed by atoms with Crippen LogP contribution in [0.15, 0.2) is 78.0 Å². The maximum absolute atomic E-state index is 13.1. The minimum absolute atomic E-state index is 0.0507. The van der Waals surface area contributed by atoms with E-state index in [1.807, 2.05) is 36.4 Å². The molecule has 0 spiro atoms. The molecule has 0 fully saturated rings. The molecule has 0 bridgehead atoms. The lowest BCUT2D eigenvalue weighted by atomic mass is 10.1. The van der Waals surface area contributed by atoms with Crippen LogP contribution in [0.1, 0.15) is 29.1 Å². The molecule has 1 amide bonds. The molecule has 0 saturated heterocycles. The summed E-state index contributed by atoms with van der Waals surface area (Å²) < 4.78 is 30.2. The van der Waals surface area contributed by atoms with Gasteiger partial charge in [0.15, 0.2) is 0 Å². The summed E-state index contributed by atoms with van der Waals surface area (Å²) in [6, 6.07) is 17.4. The molecule has 3 aromatic heterocycles. The number of benzene rings is 2. The number of aromatic amines is 1. The first-order valence-corrected chi connectivity index (χ1v) is 14.1. The molecule has 2 aromatic carbocycles. The van der Waals surface area contributed by atoms with Crippen LogP contribution in [0.4, 0.5) is 5.95 Å². The zero-order valence-corrected chi connectivity index (χ0v) is 22.3. The Kier molecular flexibility index (Phi) is 6.88. The Balaban J connectivity index is 1.44. The average Bonchev–Trinajstić information content (AvgIpc) is 3.63. The number of imidazole rings is 1. The maximum atomic E-state index is 13.1. The first kappa shape index (κ1) is 25.8. The quantitative estimate of drug-likeness (QED) is 0.219. The predicted molar refractivity (Wildman–Crippen MR) is 146 cm³/mol. The molecule has 0 aliphatic heterocycles. The fourth-order valence-electron chi connectivity index (χ4n) is 3.94. The third kappa shape index (κ3) is 5.68. The average molecular weight is 551 g/mol. The summed E-state index contributed by atoms with van der Waals surface area (Å²) in [6.07, 6.45) is 3.42. The highest BCUT2D eigenvalue weighted by atomic mass is 32.2. The lowest BCUT2D eigenvalue weighted by Gasteiger charge is -2.20. The molecule has 5 rings (SSSR count). The van der Waals surface area contributed by atoms with Crippen LogP contribution in [0.3, 0.4) is 0 Å². The summed E-state index contributed by atoms with van der Waals surface area (Å²) in [7, 11) is -3.82. The van der Waals surface area contributed by atoms with Crippen LogP contribution in [-0.4, -0.2) is 44.8 Å². The first-order valence-electron chi connectivity index (χ1n) is 11.8. The van der Waals surface area contributed by atoms with Gasteiger partial charge < -0.3 is 9.67 Å². The van der Waals surface area contributed by atoms with Crippen LogP contribution in [0, 0.1) is 0 Å². The Morgan fingerprint density at radius 3 is 2.63 bits per heavy atom. The Labute approximate surface area is 223 Å². The van der Waals surface area contributed by atoms with Crippen LogP contribution < -0.4 is 10.0 Å². The fraction of sp³-hybridized carbons (Fsp3) is 0.192. The van der Waals surface area contributed by atoms with E-state index < -0.39 is 15.6 Å². The van der Waals surface area contributed by atoms with Gasteiger partial charge >= 0.3 is 0 Å². The number of H-pyrrole nitrogens is 1. The third-order valence-electron chi connectivity index (χ3n) is 5.72. The summed E-state index contributed by atoms with van der Waals surface area (Å²) in [4.78, 5) is 19.0. The number of nitrogens with one attached hydrogen (secondary N) is 3. The summed E-state index contributed by atoms with van der Waals surface area (Å²) in [6.45, 7) is 3.57. The topological polar surface area (TPSA) is 142 Å². The van der Waals surface area contributed by atoms with Crippen molar-refractivity contribution in [1.29, 1.82) is 0 Å². The highest BCUT2D eigenvalue weighted by Gasteiger charge is 2.23. The summed E-state index contributed by atoms with van der Waals surface area (Å²) in [5.41, 5.74) is 1.54. The fourth-order valence-corrected chi connectivity index (χ4v) is 5.86. The number of hydrogen-bond donors (Lipinski definition) is 4. The minimum Gasteiger partial charge on any atom is -0.389 e. The van der Waals surface area contributed by atoms with Gasteiger partial charge in [0.25, 0.3) is 5.91 Å². The second-order valence-electron chi connectivity index (χ2n) is 9.40. The van der Waals surface area contributed by atoms with Crippen molar-refractivity contribution in [2.75, 3.05) is 5.32 Å². The van der Waals surface area contributed by atoms with Gasteiger partial charge in [-0.15, -0.1) is 11.3 Å². The molecule has 0 radical (unpaired) electrons. The van der Waals surface area contributed by atoms with Gasteiger partial charge in [-0.2, -0.15) is 5.10 Å². The number of thiophene rings is 1. The Bertz CT molecular complexity index is 1680. The van der Waals surface area contributed by atoms with Crippen LogP contribution in [0.2, 0.25) is 0 Å². The van der Waals surface area contributed by atoms with Gasteiger partial charge in [-0.1, -0.05) is 30.3 Å². The molecule has 10 nitrogen and oxygen atoms in total. The van der Waals surface area contributed by atoms with E-state index in [1.54, 1.807) is 42.9 Å². The number of amides is 1. The molecule has 5 aromatic rings. The van der Waals surface area contributed by atoms with Crippen LogP contribution >= 0.6 is 11.3 Å². The molecular weight excluding hydrogens is 524 g/mol. The summed E-state index contributed by atoms with van der Waals surface area (Å²) in [5, 5.41) is 20.0. The number of carbonyl (C=O) groups excluding carboxylic acids is 1. The van der Waals surface area contributed by atoms with Crippen LogP contribution in [0.5, 0.6) is 0 Å². The van der Waals surface area contributed by atoms with E-state index in [4.69, 9.17) is 0 Å². The number of nitrogens with zero attached hydrogens (tertiary/aromatic N) is 3. The lowest BCUT2D eigenvalue weighted by molar-refractivity contribution is 0.0630. The monoisotopic (exact) mass is 550 g/mol. The van der Waals surface area contributed by atoms with Crippen LogP contribution in [0.25, 0.3) is 21.5 Å². The van der Waals surface area contributed by atoms with Crippen molar-refractivity contribution in [2.45, 2.75) is 37.4 Å². The smallest absolute Gasteiger partial charge is 0.268 e. The molecule has 12 heteroatoms. The van der Waals surface area contributed by atoms with Gasteiger partial charge in [-0.3, -0.25) is 15.2 Å². The Morgan fingerprint density at radius 1 is 1.13 bits per heavy atom. The van der Waals surface area contributed by atoms with Crippen molar-refractivity contribution in [3.63, 3.8) is 0 Å². The van der Waals surface area contributed by atoms with Crippen LogP contribution in [-0.2, 0) is 23.1 Å². The number of aliphatic hydroxyl groups is 1. The molecular formula is C26H26N6O4S2. The SMILES string of the molecule is CC(C)(O)Cn1c(NC(=O)c2ccc(-c3cn[nH]c3)s2)nc2cc(S(=O)(=O)NCc3ccccc3)ccc21. The number of aromatic nitrogens is 4. The predicted octanol–water partition coefficient (Wildman–Crippen LogP) is 3.99. The molecule has 0 saturated carbocycles. The second kappa shape index (κ2) is 10.1. The number of carbonyl (C=O) groups is 1. The summed E-state index contributed by atoms with van der Waals surface area (Å²) in [5.74, 6) is -0.161. The van der Waals surface area contributed by atoms with Gasteiger partial charge in [0.05, 0.1) is 39.1 Å². The van der Waals surface area contributed by atoms with Crippen molar-refractivity contribution in [3.8, 4) is 10.4 Å². The lowest BCUT2D eigenvalue weighted by Crippen LogP contribution is -2.27. The van der Waals surface area contributed by atoms with E-state index in [-0.39, 0.29) is 29.8 Å². The highest BCUT2D eigenvalue weighted by Crippen LogP contribution is 2.29. The maximum Gasteiger partial charge on any atom is 0.268 e. The Hall–Kier alpha value is -3.84. The van der Waals surface area contributed by atoms with Gasteiger partial charge in [0.1, 0.15) is 0 Å². The van der Waals surface area contributed by atoms with Crippen molar-refractivity contribution in [2.24, 2.45) is 0 Å². The van der Waals surface area contributed by atoms with Gasteiger partial charge in [0, 0.05) is 23.2 Å².